The average molecular weight is 802 g/mol. The summed E-state index contributed by atoms with van der Waals surface area (Å²) < 4.78 is 39.1. The molecule has 2 fully saturated rings. The first-order valence-electron chi connectivity index (χ1n) is 18.3. The number of Topliss-reactive ketones (excluding diaryl/α,β-unsaturated/α-hetero) is 1. The molecule has 294 valence electrons. The standard InChI is InChI=1S/C23H25FN2O3S.C20H20FNO3S/c1-26(2)11-8-21(27)17-6-7-22(20(24)14-17)30-19-5-3-4-18(15-19)25-23(28)16-9-12-29-13-10-16;1-13(23)18-6-5-17(12-19(18)21)26-16-4-2-3-15(11-16)22-20(24)14-7-9-25-10-8-14/h3-8,11,14-16H,9-10,12-13H2,1-2H3,(H,25,28);2-6,11-12,14H,7-10H2,1H3,(H,22,24)/b11-8+;. The number of rotatable bonds is 12. The Morgan fingerprint density at radius 1 is 0.679 bits per heavy atom. The van der Waals surface area contributed by atoms with Crippen LogP contribution >= 0.6 is 23.5 Å². The van der Waals surface area contributed by atoms with Crippen molar-refractivity contribution < 1.29 is 37.4 Å². The summed E-state index contributed by atoms with van der Waals surface area (Å²) in [5.41, 5.74) is 1.78. The number of nitrogens with zero attached hydrogens (tertiary/aromatic N) is 1. The van der Waals surface area contributed by atoms with Crippen LogP contribution in [0.25, 0.3) is 0 Å². The number of carbonyl (C=O) groups excluding carboxylic acids is 4. The van der Waals surface area contributed by atoms with Crippen molar-refractivity contribution >= 4 is 58.3 Å². The Bertz CT molecular complexity index is 2050. The molecule has 0 radical (unpaired) electrons. The van der Waals surface area contributed by atoms with E-state index < -0.39 is 11.6 Å². The smallest absolute Gasteiger partial charge is 0.227 e. The van der Waals surface area contributed by atoms with Gasteiger partial charge >= 0.3 is 0 Å². The number of carbonyl (C=O) groups is 4. The summed E-state index contributed by atoms with van der Waals surface area (Å²) in [6.45, 7) is 3.80. The molecular formula is C43H45F2N3O6S2. The maximum atomic E-state index is 14.6. The highest BCUT2D eigenvalue weighted by molar-refractivity contribution is 7.99. The predicted molar refractivity (Wildman–Crippen MR) is 215 cm³/mol. The van der Waals surface area contributed by atoms with E-state index in [0.29, 0.717) is 53.2 Å². The van der Waals surface area contributed by atoms with Gasteiger partial charge in [0.05, 0.1) is 5.56 Å². The molecule has 2 saturated heterocycles. The molecule has 13 heteroatoms. The van der Waals surface area contributed by atoms with Crippen molar-refractivity contribution in [1.82, 2.24) is 4.90 Å². The first-order valence-corrected chi connectivity index (χ1v) is 19.9. The van der Waals surface area contributed by atoms with Crippen molar-refractivity contribution in [2.24, 2.45) is 11.8 Å². The Morgan fingerprint density at radius 3 is 1.71 bits per heavy atom. The summed E-state index contributed by atoms with van der Waals surface area (Å²) in [6, 6.07) is 23.8. The Labute approximate surface area is 334 Å². The highest BCUT2D eigenvalue weighted by Crippen LogP contribution is 2.33. The summed E-state index contributed by atoms with van der Waals surface area (Å²) in [5.74, 6) is -1.60. The van der Waals surface area contributed by atoms with Gasteiger partial charge in [-0.25, -0.2) is 8.78 Å². The number of allylic oxidation sites excluding steroid dienone is 1. The van der Waals surface area contributed by atoms with Crippen LogP contribution in [0, 0.1) is 23.5 Å². The van der Waals surface area contributed by atoms with Gasteiger partial charge in [-0.2, -0.15) is 0 Å². The zero-order valence-corrected chi connectivity index (χ0v) is 33.2. The molecule has 4 aromatic rings. The summed E-state index contributed by atoms with van der Waals surface area (Å²) in [5, 5.41) is 5.89. The molecule has 0 spiro atoms. The van der Waals surface area contributed by atoms with Crippen LogP contribution in [-0.4, -0.2) is 68.8 Å². The molecule has 6 rings (SSSR count). The Morgan fingerprint density at radius 2 is 1.21 bits per heavy atom. The van der Waals surface area contributed by atoms with Gasteiger partial charge in [-0.3, -0.25) is 19.2 Å². The van der Waals surface area contributed by atoms with Crippen LogP contribution in [0.15, 0.2) is 117 Å². The van der Waals surface area contributed by atoms with Gasteiger partial charge in [-0.1, -0.05) is 35.7 Å². The third-order valence-corrected chi connectivity index (χ3v) is 10.9. The molecule has 2 aliphatic rings. The summed E-state index contributed by atoms with van der Waals surface area (Å²) in [4.78, 5) is 52.7. The number of hydrogen-bond donors (Lipinski definition) is 2. The van der Waals surface area contributed by atoms with E-state index in [2.05, 4.69) is 10.6 Å². The first-order chi connectivity index (χ1) is 26.9. The highest BCUT2D eigenvalue weighted by Gasteiger charge is 2.23. The van der Waals surface area contributed by atoms with E-state index in [1.165, 1.54) is 54.7 Å². The number of benzene rings is 4. The predicted octanol–water partition coefficient (Wildman–Crippen LogP) is 9.14. The molecule has 2 N–H and O–H groups in total. The van der Waals surface area contributed by atoms with Crippen LogP contribution in [0.1, 0.15) is 53.3 Å². The number of anilines is 2. The first kappa shape index (κ1) is 42.3. The molecule has 0 saturated carbocycles. The van der Waals surface area contributed by atoms with E-state index >= 15 is 0 Å². The largest absolute Gasteiger partial charge is 0.383 e. The van der Waals surface area contributed by atoms with Crippen molar-refractivity contribution in [3.05, 3.63) is 120 Å². The second kappa shape index (κ2) is 20.9. The molecule has 2 heterocycles. The van der Waals surface area contributed by atoms with Crippen molar-refractivity contribution in [3.8, 4) is 0 Å². The lowest BCUT2D eigenvalue weighted by Gasteiger charge is -2.21. The van der Waals surface area contributed by atoms with Gasteiger partial charge in [0.25, 0.3) is 0 Å². The molecule has 2 amide bonds. The van der Waals surface area contributed by atoms with Crippen molar-refractivity contribution in [2.75, 3.05) is 51.2 Å². The fraction of sp³-hybridized carbons (Fsp3) is 0.302. The molecule has 4 aromatic carbocycles. The van der Waals surface area contributed by atoms with Gasteiger partial charge in [0.2, 0.25) is 11.8 Å². The summed E-state index contributed by atoms with van der Waals surface area (Å²) in [6.07, 6.45) is 5.96. The van der Waals surface area contributed by atoms with Crippen LogP contribution < -0.4 is 10.6 Å². The van der Waals surface area contributed by atoms with E-state index in [9.17, 15) is 28.0 Å². The summed E-state index contributed by atoms with van der Waals surface area (Å²) in [7, 11) is 3.62. The second-order valence-electron chi connectivity index (χ2n) is 13.5. The quantitative estimate of drug-likeness (QED) is 0.107. The van der Waals surface area contributed by atoms with E-state index in [1.54, 1.807) is 29.3 Å². The van der Waals surface area contributed by atoms with Gasteiger partial charge in [-0.05, 0) is 105 Å². The van der Waals surface area contributed by atoms with Crippen molar-refractivity contribution in [1.29, 1.82) is 0 Å². The van der Waals surface area contributed by atoms with Crippen LogP contribution in [0.5, 0.6) is 0 Å². The SMILES string of the molecule is CC(=O)c1ccc(Sc2cccc(NC(=O)C3CCOCC3)c2)cc1F.CN(C)/C=C/C(=O)c1ccc(Sc2cccc(NC(=O)C3CCOCC3)c2)c(F)c1. The van der Waals surface area contributed by atoms with Gasteiger partial charge < -0.3 is 25.0 Å². The van der Waals surface area contributed by atoms with Crippen LogP contribution in [0.4, 0.5) is 20.2 Å². The Kier molecular flexibility index (Phi) is 15.8. The Balaban J connectivity index is 0.000000216. The third-order valence-electron chi connectivity index (χ3n) is 8.91. The van der Waals surface area contributed by atoms with Crippen LogP contribution in [-0.2, 0) is 19.1 Å². The second-order valence-corrected chi connectivity index (χ2v) is 15.8. The molecule has 0 aromatic heterocycles. The fourth-order valence-corrected chi connectivity index (χ4v) is 7.62. The number of ketones is 2. The van der Waals surface area contributed by atoms with Gasteiger partial charge in [0, 0.05) is 101 Å². The lowest BCUT2D eigenvalue weighted by atomic mass is 9.99. The van der Waals surface area contributed by atoms with Crippen molar-refractivity contribution in [3.63, 3.8) is 0 Å². The van der Waals surface area contributed by atoms with E-state index in [1.807, 2.05) is 62.6 Å². The molecule has 0 bridgehead atoms. The Hall–Kier alpha value is -4.82. The summed E-state index contributed by atoms with van der Waals surface area (Å²) >= 11 is 2.62. The lowest BCUT2D eigenvalue weighted by molar-refractivity contribution is -0.123. The zero-order valence-electron chi connectivity index (χ0n) is 31.5. The zero-order chi connectivity index (χ0) is 40.0. The maximum absolute atomic E-state index is 14.6. The molecular weight excluding hydrogens is 757 g/mol. The molecule has 56 heavy (non-hydrogen) atoms. The number of halogens is 2. The van der Waals surface area contributed by atoms with Gasteiger partial charge in [-0.15, -0.1) is 0 Å². The fourth-order valence-electron chi connectivity index (χ4n) is 5.84. The normalized spacial score (nSPS) is 14.7. The lowest BCUT2D eigenvalue weighted by Crippen LogP contribution is -2.28. The van der Waals surface area contributed by atoms with Crippen LogP contribution in [0.2, 0.25) is 0 Å². The molecule has 2 aliphatic heterocycles. The van der Waals surface area contributed by atoms with Crippen LogP contribution in [0.3, 0.4) is 0 Å². The minimum absolute atomic E-state index is 0.00676. The number of ether oxygens (including phenoxy) is 2. The third kappa shape index (κ3) is 12.9. The number of hydrogen-bond acceptors (Lipinski definition) is 9. The van der Waals surface area contributed by atoms with Gasteiger partial charge in [0.1, 0.15) is 11.6 Å². The number of nitrogens with one attached hydrogen (secondary N) is 2. The molecule has 9 nitrogen and oxygen atoms in total. The monoisotopic (exact) mass is 801 g/mol. The van der Waals surface area contributed by atoms with E-state index in [-0.39, 0.29) is 40.8 Å². The topological polar surface area (TPSA) is 114 Å². The maximum Gasteiger partial charge on any atom is 0.227 e. The minimum Gasteiger partial charge on any atom is -0.383 e. The molecule has 0 atom stereocenters. The molecule has 0 unspecified atom stereocenters. The average Bonchev–Trinajstić information content (AvgIpc) is 3.19. The minimum atomic E-state index is -0.522. The van der Waals surface area contributed by atoms with Crippen molar-refractivity contribution in [2.45, 2.75) is 52.2 Å². The highest BCUT2D eigenvalue weighted by atomic mass is 32.2. The van der Waals surface area contributed by atoms with E-state index in [4.69, 9.17) is 9.47 Å². The van der Waals surface area contributed by atoms with E-state index in [0.717, 1.165) is 35.5 Å². The molecule has 0 aliphatic carbocycles. The van der Waals surface area contributed by atoms with Gasteiger partial charge in [0.15, 0.2) is 11.6 Å². The number of amides is 2.